The van der Waals surface area contributed by atoms with Crippen molar-refractivity contribution in [3.63, 3.8) is 0 Å². The first-order valence-electron chi connectivity index (χ1n) is 12.4. The molecule has 1 fully saturated rings. The minimum atomic E-state index is 0.0639. The number of carbonyl (C=O) groups is 1. The van der Waals surface area contributed by atoms with Crippen molar-refractivity contribution in [1.82, 2.24) is 19.7 Å². The van der Waals surface area contributed by atoms with Crippen molar-refractivity contribution in [1.29, 1.82) is 0 Å². The third-order valence-electron chi connectivity index (χ3n) is 6.63. The Morgan fingerprint density at radius 2 is 1.78 bits per heavy atom. The molecule has 0 aliphatic carbocycles. The van der Waals surface area contributed by atoms with E-state index in [1.165, 1.54) is 0 Å². The summed E-state index contributed by atoms with van der Waals surface area (Å²) in [5.41, 5.74) is 3.74. The quantitative estimate of drug-likeness (QED) is 0.359. The Hall–Kier alpha value is -4.27. The second-order valence-corrected chi connectivity index (χ2v) is 8.85. The molecule has 4 aromatic rings. The van der Waals surface area contributed by atoms with Gasteiger partial charge in [-0.05, 0) is 42.5 Å². The zero-order chi connectivity index (χ0) is 25.8. The average molecular weight is 502 g/mol. The number of ether oxygens (including phenoxy) is 2. The molecule has 9 nitrogen and oxygen atoms in total. The zero-order valence-electron chi connectivity index (χ0n) is 21.4. The summed E-state index contributed by atoms with van der Waals surface area (Å²) in [6.07, 6.45) is 4.33. The summed E-state index contributed by atoms with van der Waals surface area (Å²) < 4.78 is 18.4. The lowest BCUT2D eigenvalue weighted by molar-refractivity contribution is -0.132. The Morgan fingerprint density at radius 3 is 2.46 bits per heavy atom. The summed E-state index contributed by atoms with van der Waals surface area (Å²) >= 11 is 0. The van der Waals surface area contributed by atoms with Gasteiger partial charge in [0.2, 0.25) is 5.91 Å². The molecule has 37 heavy (non-hydrogen) atoms. The van der Waals surface area contributed by atoms with Gasteiger partial charge in [0.05, 0.1) is 31.7 Å². The fourth-order valence-corrected chi connectivity index (χ4v) is 4.50. The van der Waals surface area contributed by atoms with Gasteiger partial charge in [-0.3, -0.25) is 9.48 Å². The Balaban J connectivity index is 1.19. The van der Waals surface area contributed by atoms with E-state index in [2.05, 4.69) is 21.0 Å². The molecular formula is C28H31N5O4. The predicted octanol–water partition coefficient (Wildman–Crippen LogP) is 4.13. The van der Waals surface area contributed by atoms with Crippen LogP contribution in [0.5, 0.6) is 11.5 Å². The van der Waals surface area contributed by atoms with E-state index in [9.17, 15) is 4.79 Å². The molecule has 5 rings (SSSR count). The number of carbonyl (C=O) groups excluding carboxylic acids is 1. The summed E-state index contributed by atoms with van der Waals surface area (Å²) in [6.45, 7) is 5.01. The molecule has 192 valence electrons. The van der Waals surface area contributed by atoms with Crippen molar-refractivity contribution >= 4 is 11.6 Å². The molecule has 1 saturated heterocycles. The minimum Gasteiger partial charge on any atom is -0.497 e. The normalized spacial score (nSPS) is 13.6. The zero-order valence-corrected chi connectivity index (χ0v) is 21.4. The van der Waals surface area contributed by atoms with Crippen LogP contribution in [0.2, 0.25) is 0 Å². The lowest BCUT2D eigenvalue weighted by Gasteiger charge is -2.36. The third-order valence-corrected chi connectivity index (χ3v) is 6.63. The van der Waals surface area contributed by atoms with Crippen LogP contribution in [0.25, 0.3) is 22.6 Å². The van der Waals surface area contributed by atoms with Crippen LogP contribution in [0.3, 0.4) is 0 Å². The lowest BCUT2D eigenvalue weighted by Crippen LogP contribution is -2.49. The number of methoxy groups -OCH3 is 2. The molecule has 0 unspecified atom stereocenters. The Labute approximate surface area is 216 Å². The highest BCUT2D eigenvalue weighted by Crippen LogP contribution is 2.34. The number of hydrogen-bond acceptors (Lipinski definition) is 7. The van der Waals surface area contributed by atoms with Crippen LogP contribution in [0.15, 0.2) is 65.3 Å². The molecule has 1 aliphatic rings. The van der Waals surface area contributed by atoms with Gasteiger partial charge in [-0.1, -0.05) is 6.92 Å². The predicted molar refractivity (Wildman–Crippen MR) is 141 cm³/mol. The maximum absolute atomic E-state index is 13.0. The van der Waals surface area contributed by atoms with Gasteiger partial charge in [0.15, 0.2) is 11.7 Å². The van der Waals surface area contributed by atoms with E-state index >= 15 is 0 Å². The van der Waals surface area contributed by atoms with E-state index in [1.54, 1.807) is 25.1 Å². The van der Waals surface area contributed by atoms with Crippen molar-refractivity contribution < 1.29 is 18.7 Å². The first-order valence-corrected chi connectivity index (χ1v) is 12.4. The topological polar surface area (TPSA) is 85.9 Å². The molecule has 0 atom stereocenters. The number of aryl methyl sites for hydroxylation is 1. The number of aromatic nitrogens is 3. The van der Waals surface area contributed by atoms with Crippen LogP contribution in [-0.4, -0.2) is 66.0 Å². The third kappa shape index (κ3) is 5.30. The maximum Gasteiger partial charge on any atom is 0.244 e. The Morgan fingerprint density at radius 1 is 1.00 bits per heavy atom. The van der Waals surface area contributed by atoms with Gasteiger partial charge in [-0.2, -0.15) is 5.10 Å². The van der Waals surface area contributed by atoms with Crippen LogP contribution in [0, 0.1) is 0 Å². The smallest absolute Gasteiger partial charge is 0.244 e. The molecule has 0 N–H and O–H groups in total. The molecule has 1 aliphatic heterocycles. The van der Waals surface area contributed by atoms with E-state index in [1.807, 2.05) is 60.5 Å². The van der Waals surface area contributed by atoms with Crippen molar-refractivity contribution in [2.24, 2.45) is 0 Å². The second kappa shape index (κ2) is 10.8. The van der Waals surface area contributed by atoms with Gasteiger partial charge in [0.25, 0.3) is 0 Å². The SMILES string of the molecule is CCc1ncc(-c2ccc(N3CCN(C(=O)Cn4ccc(-c5ccc(OC)cc5)n4)CC3)cc2OC)o1. The summed E-state index contributed by atoms with van der Waals surface area (Å²) in [4.78, 5) is 21.4. The number of rotatable bonds is 8. The number of nitrogens with zero attached hydrogens (tertiary/aromatic N) is 5. The van der Waals surface area contributed by atoms with Gasteiger partial charge < -0.3 is 23.7 Å². The second-order valence-electron chi connectivity index (χ2n) is 8.85. The van der Waals surface area contributed by atoms with E-state index in [-0.39, 0.29) is 12.5 Å². The summed E-state index contributed by atoms with van der Waals surface area (Å²) in [6, 6.07) is 15.7. The molecule has 3 heterocycles. The van der Waals surface area contributed by atoms with Crippen molar-refractivity contribution in [3.8, 4) is 34.1 Å². The highest BCUT2D eigenvalue weighted by molar-refractivity contribution is 5.76. The van der Waals surface area contributed by atoms with Crippen molar-refractivity contribution in [2.75, 3.05) is 45.3 Å². The van der Waals surface area contributed by atoms with E-state index in [4.69, 9.17) is 13.9 Å². The monoisotopic (exact) mass is 501 g/mol. The number of amides is 1. The largest absolute Gasteiger partial charge is 0.497 e. The highest BCUT2D eigenvalue weighted by Gasteiger charge is 2.23. The number of hydrogen-bond donors (Lipinski definition) is 0. The van der Waals surface area contributed by atoms with Crippen LogP contribution < -0.4 is 14.4 Å². The van der Waals surface area contributed by atoms with Crippen LogP contribution in [0.1, 0.15) is 12.8 Å². The molecule has 2 aromatic carbocycles. The Kier molecular flexibility index (Phi) is 7.11. The van der Waals surface area contributed by atoms with Gasteiger partial charge in [0.1, 0.15) is 18.0 Å². The fraction of sp³-hybridized carbons (Fsp3) is 0.321. The van der Waals surface area contributed by atoms with Gasteiger partial charge in [0, 0.05) is 56.1 Å². The number of anilines is 1. The van der Waals surface area contributed by atoms with E-state index in [0.717, 1.165) is 53.5 Å². The molecule has 2 aromatic heterocycles. The maximum atomic E-state index is 13.0. The van der Waals surface area contributed by atoms with Gasteiger partial charge in [-0.25, -0.2) is 4.98 Å². The molecule has 9 heteroatoms. The van der Waals surface area contributed by atoms with Gasteiger partial charge >= 0.3 is 0 Å². The summed E-state index contributed by atoms with van der Waals surface area (Å²) in [5, 5.41) is 4.58. The standard InChI is InChI=1S/C28H31N5O4/c1-4-27-29-18-26(37-27)23-10-7-21(17-25(23)36-3)31-13-15-32(16-14-31)28(34)19-33-12-11-24(30-33)20-5-8-22(35-2)9-6-20/h5-12,17-18H,4,13-16,19H2,1-3H3. The first-order chi connectivity index (χ1) is 18.1. The molecule has 0 saturated carbocycles. The molecule has 0 spiro atoms. The van der Waals surface area contributed by atoms with Crippen LogP contribution in [0.4, 0.5) is 5.69 Å². The van der Waals surface area contributed by atoms with Crippen molar-refractivity contribution in [2.45, 2.75) is 19.9 Å². The first kappa shape index (κ1) is 24.4. The number of oxazole rings is 1. The Bertz CT molecular complexity index is 1350. The average Bonchev–Trinajstić information content (AvgIpc) is 3.63. The number of benzene rings is 2. The molecular weight excluding hydrogens is 470 g/mol. The fourth-order valence-electron chi connectivity index (χ4n) is 4.50. The van der Waals surface area contributed by atoms with Gasteiger partial charge in [-0.15, -0.1) is 0 Å². The highest BCUT2D eigenvalue weighted by atomic mass is 16.5. The van der Waals surface area contributed by atoms with E-state index < -0.39 is 0 Å². The van der Waals surface area contributed by atoms with Crippen LogP contribution >= 0.6 is 0 Å². The molecule has 0 radical (unpaired) electrons. The van der Waals surface area contributed by atoms with Crippen LogP contribution in [-0.2, 0) is 17.8 Å². The summed E-state index contributed by atoms with van der Waals surface area (Å²) in [7, 11) is 3.30. The minimum absolute atomic E-state index is 0.0639. The lowest BCUT2D eigenvalue weighted by atomic mass is 10.1. The molecule has 1 amide bonds. The molecule has 0 bridgehead atoms. The summed E-state index contributed by atoms with van der Waals surface area (Å²) in [5.74, 6) is 3.00. The van der Waals surface area contributed by atoms with Crippen molar-refractivity contribution in [3.05, 3.63) is 66.8 Å². The van der Waals surface area contributed by atoms with E-state index in [0.29, 0.717) is 24.7 Å². The number of piperazine rings is 1.